The zero-order valence-corrected chi connectivity index (χ0v) is 23.6. The lowest BCUT2D eigenvalue weighted by molar-refractivity contribution is 0.599. The molecule has 0 saturated heterocycles. The van der Waals surface area contributed by atoms with Crippen LogP contribution < -0.4 is 9.44 Å². The number of fused-ring (bicyclic) bond motifs is 1. The monoisotopic (exact) mass is 581 g/mol. The molecule has 0 saturated carbocycles. The summed E-state index contributed by atoms with van der Waals surface area (Å²) in [5.74, 6) is 0. The van der Waals surface area contributed by atoms with Crippen LogP contribution in [0.25, 0.3) is 10.2 Å². The van der Waals surface area contributed by atoms with E-state index in [0.29, 0.717) is 20.6 Å². The molecule has 0 amide bonds. The first-order valence-electron chi connectivity index (χ1n) is 11.5. The van der Waals surface area contributed by atoms with E-state index in [1.807, 2.05) is 38.1 Å². The number of aromatic nitrogens is 1. The quantitative estimate of drug-likeness (QED) is 0.212. The summed E-state index contributed by atoms with van der Waals surface area (Å²) in [7, 11) is -7.73. The van der Waals surface area contributed by atoms with E-state index < -0.39 is 20.0 Å². The number of para-hydroxylation sites is 1. The zero-order chi connectivity index (χ0) is 26.9. The third kappa shape index (κ3) is 5.86. The van der Waals surface area contributed by atoms with Crippen LogP contribution in [0.4, 0.5) is 11.4 Å². The lowest BCUT2D eigenvalue weighted by atomic mass is 10.2. The summed E-state index contributed by atoms with van der Waals surface area (Å²) in [5.41, 5.74) is 3.34. The number of sulfonamides is 2. The summed E-state index contributed by atoms with van der Waals surface area (Å²) in [6.07, 6.45) is 0. The molecule has 0 fully saturated rings. The third-order valence-corrected chi connectivity index (χ3v) is 10.5. The predicted octanol–water partition coefficient (Wildman–Crippen LogP) is 6.67. The Balaban J connectivity index is 1.51. The van der Waals surface area contributed by atoms with Crippen molar-refractivity contribution >= 4 is 64.7 Å². The maximum atomic E-state index is 13.1. The highest BCUT2D eigenvalue weighted by molar-refractivity contribution is 8.01. The van der Waals surface area contributed by atoms with Crippen molar-refractivity contribution in [2.45, 2.75) is 32.9 Å². The van der Waals surface area contributed by atoms with Gasteiger partial charge in [0, 0.05) is 4.90 Å². The fourth-order valence-corrected chi connectivity index (χ4v) is 7.94. The normalized spacial score (nSPS) is 11.9. The first-order chi connectivity index (χ1) is 18.1. The molecular weight excluding hydrogens is 559 g/mol. The minimum Gasteiger partial charge on any atom is -0.280 e. The molecule has 4 aromatic carbocycles. The Hall–Kier alpha value is -3.38. The Bertz CT molecular complexity index is 1800. The maximum Gasteiger partial charge on any atom is 0.261 e. The van der Waals surface area contributed by atoms with Crippen LogP contribution in [0.2, 0.25) is 0 Å². The van der Waals surface area contributed by atoms with Crippen molar-refractivity contribution < 1.29 is 16.8 Å². The van der Waals surface area contributed by atoms with Crippen molar-refractivity contribution in [1.29, 1.82) is 0 Å². The maximum absolute atomic E-state index is 13.1. The molecule has 0 bridgehead atoms. The molecule has 194 valence electrons. The Morgan fingerprint density at radius 2 is 1.29 bits per heavy atom. The minimum atomic E-state index is -3.88. The zero-order valence-electron chi connectivity index (χ0n) is 20.4. The Kier molecular flexibility index (Phi) is 7.19. The van der Waals surface area contributed by atoms with Crippen LogP contribution >= 0.6 is 23.1 Å². The smallest absolute Gasteiger partial charge is 0.261 e. The van der Waals surface area contributed by atoms with Gasteiger partial charge in [-0.05, 0) is 68.4 Å². The topological polar surface area (TPSA) is 105 Å². The lowest BCUT2D eigenvalue weighted by Gasteiger charge is -2.15. The molecule has 0 radical (unpaired) electrons. The second-order valence-corrected chi connectivity index (χ2v) is 14.3. The number of thiazole rings is 1. The molecule has 1 aromatic heterocycles. The number of rotatable bonds is 8. The first kappa shape index (κ1) is 26.2. The number of benzene rings is 4. The van der Waals surface area contributed by atoms with Gasteiger partial charge in [0.25, 0.3) is 20.0 Å². The summed E-state index contributed by atoms with van der Waals surface area (Å²) < 4.78 is 59.2. The van der Waals surface area contributed by atoms with Gasteiger partial charge in [-0.25, -0.2) is 21.8 Å². The fraction of sp³-hybridized carbons (Fsp3) is 0.0741. The Morgan fingerprint density at radius 1 is 0.711 bits per heavy atom. The number of nitrogens with one attached hydrogen (secondary N) is 2. The van der Waals surface area contributed by atoms with Crippen LogP contribution in [0.3, 0.4) is 0 Å². The second kappa shape index (κ2) is 10.4. The molecule has 7 nitrogen and oxygen atoms in total. The van der Waals surface area contributed by atoms with Crippen LogP contribution in [0.1, 0.15) is 11.1 Å². The SMILES string of the molecule is Cc1ccc(S(=O)(=O)Nc2ccc(NS(=O)(=O)c3ccc(C)cc3)c(Sc3nc4ccccc4s3)c2)cc1. The van der Waals surface area contributed by atoms with E-state index in [0.717, 1.165) is 21.3 Å². The molecule has 0 atom stereocenters. The van der Waals surface area contributed by atoms with E-state index in [2.05, 4.69) is 14.4 Å². The van der Waals surface area contributed by atoms with Crippen molar-refractivity contribution in [3.05, 3.63) is 102 Å². The van der Waals surface area contributed by atoms with Crippen LogP contribution in [0, 0.1) is 13.8 Å². The largest absolute Gasteiger partial charge is 0.280 e. The molecule has 0 aliphatic heterocycles. The van der Waals surface area contributed by atoms with Gasteiger partial charge in [-0.15, -0.1) is 11.3 Å². The van der Waals surface area contributed by atoms with Crippen molar-refractivity contribution in [3.8, 4) is 0 Å². The van der Waals surface area contributed by atoms with Gasteiger partial charge >= 0.3 is 0 Å². The van der Waals surface area contributed by atoms with Crippen LogP contribution in [-0.2, 0) is 20.0 Å². The van der Waals surface area contributed by atoms with E-state index in [-0.39, 0.29) is 9.79 Å². The third-order valence-electron chi connectivity index (χ3n) is 5.61. The summed E-state index contributed by atoms with van der Waals surface area (Å²) >= 11 is 2.73. The average Bonchev–Trinajstić information content (AvgIpc) is 3.28. The molecule has 0 spiro atoms. The Morgan fingerprint density at radius 3 is 1.89 bits per heavy atom. The van der Waals surface area contributed by atoms with Gasteiger partial charge in [-0.3, -0.25) is 9.44 Å². The van der Waals surface area contributed by atoms with Gasteiger partial charge < -0.3 is 0 Å². The van der Waals surface area contributed by atoms with E-state index in [1.54, 1.807) is 60.7 Å². The fourth-order valence-electron chi connectivity index (χ4n) is 3.60. The summed E-state index contributed by atoms with van der Waals surface area (Å²) in [6.45, 7) is 3.76. The van der Waals surface area contributed by atoms with Crippen molar-refractivity contribution in [2.75, 3.05) is 9.44 Å². The first-order valence-corrected chi connectivity index (χ1v) is 16.1. The van der Waals surface area contributed by atoms with Gasteiger partial charge in [0.05, 0.1) is 31.4 Å². The number of hydrogen-bond donors (Lipinski definition) is 2. The molecule has 5 rings (SSSR count). The van der Waals surface area contributed by atoms with Gasteiger partial charge in [0.2, 0.25) is 0 Å². The molecule has 0 unspecified atom stereocenters. The predicted molar refractivity (Wildman–Crippen MR) is 154 cm³/mol. The van der Waals surface area contributed by atoms with Gasteiger partial charge in [-0.1, -0.05) is 59.3 Å². The van der Waals surface area contributed by atoms with Crippen LogP contribution in [0.15, 0.2) is 110 Å². The van der Waals surface area contributed by atoms with Crippen molar-refractivity contribution in [1.82, 2.24) is 4.98 Å². The van der Waals surface area contributed by atoms with Gasteiger partial charge in [-0.2, -0.15) is 0 Å². The summed E-state index contributed by atoms with van der Waals surface area (Å²) in [5, 5.41) is 0. The number of nitrogens with zero attached hydrogens (tertiary/aromatic N) is 1. The van der Waals surface area contributed by atoms with Crippen LogP contribution in [0.5, 0.6) is 0 Å². The molecule has 0 aliphatic carbocycles. The number of hydrogen-bond acceptors (Lipinski definition) is 7. The Labute approximate surface area is 230 Å². The van der Waals surface area contributed by atoms with Crippen molar-refractivity contribution in [3.63, 3.8) is 0 Å². The summed E-state index contributed by atoms with van der Waals surface area (Å²) in [4.78, 5) is 5.40. The number of anilines is 2. The van der Waals surface area contributed by atoms with E-state index in [4.69, 9.17) is 0 Å². The molecular formula is C27H23N3O4S4. The molecule has 0 aliphatic rings. The average molecular weight is 582 g/mol. The highest BCUT2D eigenvalue weighted by Crippen LogP contribution is 2.40. The van der Waals surface area contributed by atoms with Crippen LogP contribution in [-0.4, -0.2) is 21.8 Å². The van der Waals surface area contributed by atoms with E-state index >= 15 is 0 Å². The highest BCUT2D eigenvalue weighted by Gasteiger charge is 2.20. The number of aryl methyl sites for hydroxylation is 2. The highest BCUT2D eigenvalue weighted by atomic mass is 32.2. The minimum absolute atomic E-state index is 0.128. The second-order valence-electron chi connectivity index (χ2n) is 8.60. The van der Waals surface area contributed by atoms with Gasteiger partial charge in [0.15, 0.2) is 4.34 Å². The van der Waals surface area contributed by atoms with Crippen molar-refractivity contribution in [2.24, 2.45) is 0 Å². The molecule has 11 heteroatoms. The molecule has 1 heterocycles. The summed E-state index contributed by atoms with van der Waals surface area (Å²) in [6, 6.07) is 25.5. The molecule has 5 aromatic rings. The standard InChI is InChI=1S/C27H23N3O4S4/c1-18-7-12-21(13-8-18)37(31,32)29-20-11-16-24(30-38(33,34)22-14-9-19(2)10-15-22)26(17-20)36-27-28-23-5-3-4-6-25(23)35-27/h3-17,29-30H,1-2H3. The molecule has 38 heavy (non-hydrogen) atoms. The van der Waals surface area contributed by atoms with E-state index in [9.17, 15) is 16.8 Å². The van der Waals surface area contributed by atoms with Gasteiger partial charge in [0.1, 0.15) is 0 Å². The molecule has 2 N–H and O–H groups in total. The van der Waals surface area contributed by atoms with E-state index in [1.165, 1.54) is 29.2 Å². The lowest BCUT2D eigenvalue weighted by Crippen LogP contribution is -2.15.